The summed E-state index contributed by atoms with van der Waals surface area (Å²) in [5.74, 6) is 0. The van der Waals surface area contributed by atoms with Crippen LogP contribution in [0.4, 0.5) is 0 Å². The van der Waals surface area contributed by atoms with Crippen LogP contribution >= 0.6 is 0 Å². The molecule has 0 aromatic rings. The summed E-state index contributed by atoms with van der Waals surface area (Å²) in [7, 11) is 0. The van der Waals surface area contributed by atoms with Gasteiger partial charge in [-0.1, -0.05) is 6.92 Å². The molecule has 0 spiro atoms. The Bertz CT molecular complexity index is 128. The van der Waals surface area contributed by atoms with Gasteiger partial charge < -0.3 is 14.2 Å². The molecule has 1 fully saturated rings. The number of hydrogen-bond donors (Lipinski definition) is 0. The number of ether oxygens (including phenoxy) is 3. The molecule has 0 N–H and O–H groups in total. The lowest BCUT2D eigenvalue weighted by atomic mass is 9.94. The Morgan fingerprint density at radius 1 is 1.55 bits per heavy atom. The van der Waals surface area contributed by atoms with Crippen LogP contribution in [-0.4, -0.2) is 33.1 Å². The first-order valence-electron chi connectivity index (χ1n) is 3.41. The van der Waals surface area contributed by atoms with E-state index in [0.717, 1.165) is 0 Å². The van der Waals surface area contributed by atoms with Crippen LogP contribution in [-0.2, 0) is 19.0 Å². The number of rotatable bonds is 3. The van der Waals surface area contributed by atoms with Gasteiger partial charge in [0.2, 0.25) is 0 Å². The van der Waals surface area contributed by atoms with Gasteiger partial charge in [-0.3, -0.25) is 0 Å². The summed E-state index contributed by atoms with van der Waals surface area (Å²) in [6, 6.07) is 0. The Hall–Kier alpha value is -0.610. The monoisotopic (exact) mass is 159 g/mol. The zero-order valence-corrected chi connectivity index (χ0v) is 6.46. The zero-order valence-electron chi connectivity index (χ0n) is 6.46. The van der Waals surface area contributed by atoms with E-state index in [1.807, 2.05) is 6.92 Å². The van der Waals surface area contributed by atoms with Crippen molar-refractivity contribution in [3.05, 3.63) is 0 Å². The Morgan fingerprint density at radius 3 is 2.73 bits per heavy atom. The van der Waals surface area contributed by atoms with Crippen LogP contribution in [0.15, 0.2) is 0 Å². The minimum absolute atomic E-state index is 0.199. The number of carbonyl (C=O) groups excluding carboxylic acids is 1. The van der Waals surface area contributed by atoms with Crippen LogP contribution in [0.3, 0.4) is 0 Å². The highest BCUT2D eigenvalue weighted by Gasteiger charge is 2.29. The predicted molar refractivity (Wildman–Crippen MR) is 36.5 cm³/mol. The van der Waals surface area contributed by atoms with Crippen LogP contribution in [0.25, 0.3) is 0 Å². The molecule has 1 heterocycles. The molecule has 1 saturated heterocycles. The maximum atomic E-state index is 9.76. The maximum Gasteiger partial charge on any atom is 0.417 e. The Labute approximate surface area is 65.4 Å². The van der Waals surface area contributed by atoms with E-state index in [9.17, 15) is 4.79 Å². The molecule has 0 unspecified atom stereocenters. The molecule has 0 bridgehead atoms. The van der Waals surface area contributed by atoms with E-state index in [0.29, 0.717) is 26.6 Å². The van der Waals surface area contributed by atoms with Crippen LogP contribution in [0.2, 0.25) is 0 Å². The van der Waals surface area contributed by atoms with Gasteiger partial charge in [0.05, 0.1) is 13.2 Å². The standard InChI is InChI=1S/C7H11O4/c1-7(2-9-5-8)3-10-6-11-4-7/h2-4,6H2,1H3. The van der Waals surface area contributed by atoms with Gasteiger partial charge in [-0.2, -0.15) is 0 Å². The topological polar surface area (TPSA) is 44.8 Å². The van der Waals surface area contributed by atoms with Crippen molar-refractivity contribution in [3.63, 3.8) is 0 Å². The van der Waals surface area contributed by atoms with E-state index < -0.39 is 0 Å². The molecule has 0 saturated carbocycles. The van der Waals surface area contributed by atoms with E-state index >= 15 is 0 Å². The quantitative estimate of drug-likeness (QED) is 0.585. The van der Waals surface area contributed by atoms with Gasteiger partial charge in [0.15, 0.2) is 0 Å². The fourth-order valence-electron chi connectivity index (χ4n) is 0.964. The molecule has 1 rings (SSSR count). The first kappa shape index (κ1) is 8.49. The van der Waals surface area contributed by atoms with Gasteiger partial charge >= 0.3 is 6.47 Å². The molecule has 1 radical (unpaired) electrons. The predicted octanol–water partition coefficient (Wildman–Crippen LogP) is 0.0808. The lowest BCUT2D eigenvalue weighted by Crippen LogP contribution is -2.38. The van der Waals surface area contributed by atoms with Gasteiger partial charge in [-0.05, 0) is 0 Å². The molecule has 4 heteroatoms. The van der Waals surface area contributed by atoms with Crippen molar-refractivity contribution in [1.29, 1.82) is 0 Å². The average Bonchev–Trinajstić information content (AvgIpc) is 2.03. The van der Waals surface area contributed by atoms with Crippen LogP contribution < -0.4 is 0 Å². The summed E-state index contributed by atoms with van der Waals surface area (Å²) in [5.41, 5.74) is -0.199. The Morgan fingerprint density at radius 2 is 2.18 bits per heavy atom. The normalized spacial score (nSPS) is 22.6. The summed E-state index contributed by atoms with van der Waals surface area (Å²) in [6.07, 6.45) is 0. The van der Waals surface area contributed by atoms with Crippen LogP contribution in [0.1, 0.15) is 6.92 Å². The summed E-state index contributed by atoms with van der Waals surface area (Å²) < 4.78 is 14.6. The van der Waals surface area contributed by atoms with E-state index in [2.05, 4.69) is 4.74 Å². The third-order valence-corrected chi connectivity index (χ3v) is 1.55. The molecule has 1 aliphatic heterocycles. The van der Waals surface area contributed by atoms with Crippen molar-refractivity contribution in [3.8, 4) is 0 Å². The molecular formula is C7H11O4. The molecule has 4 nitrogen and oxygen atoms in total. The maximum absolute atomic E-state index is 9.76. The van der Waals surface area contributed by atoms with E-state index in [1.165, 1.54) is 6.47 Å². The second kappa shape index (κ2) is 3.69. The summed E-state index contributed by atoms with van der Waals surface area (Å²) >= 11 is 0. The second-order valence-electron chi connectivity index (χ2n) is 3.00. The van der Waals surface area contributed by atoms with Crippen molar-refractivity contribution < 1.29 is 19.0 Å². The van der Waals surface area contributed by atoms with Gasteiger partial charge in [-0.25, -0.2) is 4.79 Å². The van der Waals surface area contributed by atoms with Crippen LogP contribution in [0.5, 0.6) is 0 Å². The summed E-state index contributed by atoms with van der Waals surface area (Å²) in [6.45, 7) is 5.08. The highest BCUT2D eigenvalue weighted by atomic mass is 16.7. The highest BCUT2D eigenvalue weighted by Crippen LogP contribution is 2.20. The smallest absolute Gasteiger partial charge is 0.417 e. The van der Waals surface area contributed by atoms with Gasteiger partial charge in [0.25, 0.3) is 0 Å². The third-order valence-electron chi connectivity index (χ3n) is 1.55. The molecule has 0 amide bonds. The van der Waals surface area contributed by atoms with E-state index in [4.69, 9.17) is 9.47 Å². The van der Waals surface area contributed by atoms with Crippen molar-refractivity contribution >= 4 is 6.47 Å². The molecule has 0 aliphatic carbocycles. The van der Waals surface area contributed by atoms with E-state index in [-0.39, 0.29) is 5.41 Å². The van der Waals surface area contributed by atoms with Crippen molar-refractivity contribution in [2.24, 2.45) is 5.41 Å². The summed E-state index contributed by atoms with van der Waals surface area (Å²) in [5, 5.41) is 0. The minimum atomic E-state index is -0.199. The fourth-order valence-corrected chi connectivity index (χ4v) is 0.964. The lowest BCUT2D eigenvalue weighted by Gasteiger charge is -2.31. The second-order valence-corrected chi connectivity index (χ2v) is 3.00. The van der Waals surface area contributed by atoms with E-state index in [1.54, 1.807) is 0 Å². The molecule has 0 aromatic heterocycles. The summed E-state index contributed by atoms with van der Waals surface area (Å²) in [4.78, 5) is 9.76. The Kier molecular flexibility index (Phi) is 2.84. The highest BCUT2D eigenvalue weighted by molar-refractivity contribution is 5.38. The van der Waals surface area contributed by atoms with Gasteiger partial charge in [0, 0.05) is 5.41 Å². The molecular weight excluding hydrogens is 148 g/mol. The van der Waals surface area contributed by atoms with Gasteiger partial charge in [-0.15, -0.1) is 0 Å². The zero-order chi connectivity index (χ0) is 8.16. The van der Waals surface area contributed by atoms with Crippen molar-refractivity contribution in [2.75, 3.05) is 26.6 Å². The first-order valence-corrected chi connectivity index (χ1v) is 3.41. The van der Waals surface area contributed by atoms with Crippen molar-refractivity contribution in [2.45, 2.75) is 6.92 Å². The molecule has 1 aliphatic rings. The van der Waals surface area contributed by atoms with Gasteiger partial charge in [0.1, 0.15) is 13.4 Å². The van der Waals surface area contributed by atoms with Crippen LogP contribution in [0, 0.1) is 5.41 Å². The van der Waals surface area contributed by atoms with Crippen molar-refractivity contribution in [1.82, 2.24) is 0 Å². The molecule has 11 heavy (non-hydrogen) atoms. The lowest BCUT2D eigenvalue weighted by molar-refractivity contribution is -0.168. The fraction of sp³-hybridized carbons (Fsp3) is 0.857. The average molecular weight is 159 g/mol. The Balaban J connectivity index is 2.30. The first-order chi connectivity index (χ1) is 5.27. The molecule has 0 aromatic carbocycles. The third kappa shape index (κ3) is 2.48. The minimum Gasteiger partial charge on any atom is -0.457 e. The SMILES string of the molecule is CC1(CO[C]=O)COCOC1. The largest absolute Gasteiger partial charge is 0.457 e. The molecule has 63 valence electrons. The molecule has 0 atom stereocenters. The number of hydrogen-bond acceptors (Lipinski definition) is 4.